The number of methoxy groups -OCH3 is 1. The second-order valence-electron chi connectivity index (χ2n) is 4.10. The van der Waals surface area contributed by atoms with E-state index in [1.54, 1.807) is 32.0 Å². The van der Waals surface area contributed by atoms with Crippen molar-refractivity contribution in [2.45, 2.75) is 20.0 Å². The largest absolute Gasteiger partial charge is 0.493 e. The van der Waals surface area contributed by atoms with Gasteiger partial charge in [0.1, 0.15) is 5.69 Å². The predicted octanol–water partition coefficient (Wildman–Crippen LogP) is 1.79. The molecule has 7 nitrogen and oxygen atoms in total. The van der Waals surface area contributed by atoms with Crippen LogP contribution < -0.4 is 14.8 Å². The van der Waals surface area contributed by atoms with E-state index in [2.05, 4.69) is 20.3 Å². The topological polar surface area (TPSA) is 86.5 Å². The lowest BCUT2D eigenvalue weighted by Crippen LogP contribution is -2.30. The standard InChI is InChI=1S/C13H15N3O4/c1-8-12(16-20-15-8)14-13(17)9(2)19-11-7-5-4-6-10(11)18-3/h4-7,9H,1-3H3,(H,14,16,17). The third-order valence-electron chi connectivity index (χ3n) is 2.64. The van der Waals surface area contributed by atoms with Crippen molar-refractivity contribution in [1.82, 2.24) is 10.3 Å². The van der Waals surface area contributed by atoms with Gasteiger partial charge in [-0.2, -0.15) is 0 Å². The number of hydrogen-bond acceptors (Lipinski definition) is 6. The molecule has 7 heteroatoms. The first-order valence-corrected chi connectivity index (χ1v) is 6.01. The minimum atomic E-state index is -0.720. The first kappa shape index (κ1) is 13.9. The van der Waals surface area contributed by atoms with Crippen molar-refractivity contribution in [3.63, 3.8) is 0 Å². The molecular formula is C13H15N3O4. The molecule has 2 aromatic rings. The summed E-state index contributed by atoms with van der Waals surface area (Å²) in [7, 11) is 1.54. The number of nitrogens with one attached hydrogen (secondary N) is 1. The highest BCUT2D eigenvalue weighted by atomic mass is 16.6. The summed E-state index contributed by atoms with van der Waals surface area (Å²) in [5, 5.41) is 9.73. The molecule has 1 amide bonds. The van der Waals surface area contributed by atoms with E-state index in [0.29, 0.717) is 17.2 Å². The number of hydrogen-bond donors (Lipinski definition) is 1. The van der Waals surface area contributed by atoms with Crippen LogP contribution in [0.1, 0.15) is 12.6 Å². The summed E-state index contributed by atoms with van der Waals surface area (Å²) in [5.41, 5.74) is 0.503. The minimum absolute atomic E-state index is 0.283. The molecule has 0 spiro atoms. The van der Waals surface area contributed by atoms with Gasteiger partial charge >= 0.3 is 0 Å². The van der Waals surface area contributed by atoms with Gasteiger partial charge in [-0.05, 0) is 31.1 Å². The third kappa shape index (κ3) is 3.05. The molecule has 1 aromatic carbocycles. The van der Waals surface area contributed by atoms with Crippen LogP contribution in [0.25, 0.3) is 0 Å². The molecule has 0 aliphatic carbocycles. The number of amides is 1. The lowest BCUT2D eigenvalue weighted by molar-refractivity contribution is -0.122. The number of aromatic nitrogens is 2. The molecule has 2 rings (SSSR count). The van der Waals surface area contributed by atoms with Crippen molar-refractivity contribution in [3.8, 4) is 11.5 Å². The average molecular weight is 277 g/mol. The number of benzene rings is 1. The fourth-order valence-electron chi connectivity index (χ4n) is 1.52. The predicted molar refractivity (Wildman–Crippen MR) is 70.7 cm³/mol. The molecule has 1 aromatic heterocycles. The zero-order chi connectivity index (χ0) is 14.5. The van der Waals surface area contributed by atoms with E-state index in [1.165, 1.54) is 7.11 Å². The lowest BCUT2D eigenvalue weighted by atomic mass is 10.3. The molecule has 0 radical (unpaired) electrons. The average Bonchev–Trinajstić information content (AvgIpc) is 2.84. The molecule has 0 fully saturated rings. The zero-order valence-corrected chi connectivity index (χ0v) is 11.4. The Bertz CT molecular complexity index is 597. The van der Waals surface area contributed by atoms with Crippen molar-refractivity contribution in [2.24, 2.45) is 0 Å². The van der Waals surface area contributed by atoms with E-state index in [0.717, 1.165) is 0 Å². The zero-order valence-electron chi connectivity index (χ0n) is 11.4. The molecule has 20 heavy (non-hydrogen) atoms. The normalized spacial score (nSPS) is 11.8. The molecule has 1 unspecified atom stereocenters. The fourth-order valence-corrected chi connectivity index (χ4v) is 1.52. The highest BCUT2D eigenvalue weighted by Crippen LogP contribution is 2.26. The Morgan fingerprint density at radius 1 is 1.30 bits per heavy atom. The van der Waals surface area contributed by atoms with Crippen LogP contribution in [0.3, 0.4) is 0 Å². The van der Waals surface area contributed by atoms with Gasteiger partial charge in [-0.1, -0.05) is 17.3 Å². The lowest BCUT2D eigenvalue weighted by Gasteiger charge is -2.15. The Balaban J connectivity index is 2.02. The van der Waals surface area contributed by atoms with Crippen LogP contribution in [-0.4, -0.2) is 29.4 Å². The van der Waals surface area contributed by atoms with Crippen LogP contribution in [-0.2, 0) is 4.79 Å². The van der Waals surface area contributed by atoms with Crippen molar-refractivity contribution < 1.29 is 18.9 Å². The summed E-state index contributed by atoms with van der Waals surface area (Å²) in [4.78, 5) is 12.0. The summed E-state index contributed by atoms with van der Waals surface area (Å²) in [6, 6.07) is 7.10. The first-order valence-electron chi connectivity index (χ1n) is 6.01. The summed E-state index contributed by atoms with van der Waals surface area (Å²) in [5.74, 6) is 0.985. The first-order chi connectivity index (χ1) is 9.61. The van der Waals surface area contributed by atoms with Gasteiger partial charge in [0.15, 0.2) is 23.4 Å². The van der Waals surface area contributed by atoms with E-state index in [9.17, 15) is 4.79 Å². The SMILES string of the molecule is COc1ccccc1OC(C)C(=O)Nc1nonc1C. The maximum atomic E-state index is 12.0. The van der Waals surface area contributed by atoms with E-state index >= 15 is 0 Å². The number of anilines is 1. The van der Waals surface area contributed by atoms with Gasteiger partial charge in [-0.25, -0.2) is 4.63 Å². The van der Waals surface area contributed by atoms with Crippen LogP contribution >= 0.6 is 0 Å². The summed E-state index contributed by atoms with van der Waals surface area (Å²) in [6.07, 6.45) is -0.720. The maximum Gasteiger partial charge on any atom is 0.266 e. The molecule has 0 saturated heterocycles. The molecule has 1 N–H and O–H groups in total. The van der Waals surface area contributed by atoms with Crippen molar-refractivity contribution >= 4 is 11.7 Å². The quantitative estimate of drug-likeness (QED) is 0.896. The Morgan fingerprint density at radius 3 is 2.60 bits per heavy atom. The molecule has 1 heterocycles. The van der Waals surface area contributed by atoms with E-state index in [4.69, 9.17) is 9.47 Å². The third-order valence-corrected chi connectivity index (χ3v) is 2.64. The number of ether oxygens (including phenoxy) is 2. The van der Waals surface area contributed by atoms with Crippen molar-refractivity contribution in [3.05, 3.63) is 30.0 Å². The number of rotatable bonds is 5. The number of nitrogens with zero attached hydrogens (tertiary/aromatic N) is 2. The summed E-state index contributed by atoms with van der Waals surface area (Å²) < 4.78 is 15.2. The van der Waals surface area contributed by atoms with Crippen LogP contribution in [0.2, 0.25) is 0 Å². The molecule has 0 aliphatic rings. The molecule has 0 saturated carbocycles. The molecule has 106 valence electrons. The van der Waals surface area contributed by atoms with Gasteiger partial charge in [0, 0.05) is 0 Å². The highest BCUT2D eigenvalue weighted by molar-refractivity contribution is 5.93. The number of aryl methyl sites for hydroxylation is 1. The van der Waals surface area contributed by atoms with Crippen LogP contribution in [0.4, 0.5) is 5.82 Å². The second kappa shape index (κ2) is 6.05. The van der Waals surface area contributed by atoms with Gasteiger partial charge in [0.2, 0.25) is 0 Å². The smallest absolute Gasteiger partial charge is 0.266 e. The van der Waals surface area contributed by atoms with Gasteiger partial charge in [0.05, 0.1) is 7.11 Å². The fraction of sp³-hybridized carbons (Fsp3) is 0.308. The molecular weight excluding hydrogens is 262 g/mol. The number of carbonyl (C=O) groups excluding carboxylic acids is 1. The molecule has 1 atom stereocenters. The number of para-hydroxylation sites is 2. The summed E-state index contributed by atoms with van der Waals surface area (Å²) in [6.45, 7) is 3.31. The second-order valence-corrected chi connectivity index (χ2v) is 4.10. The molecule has 0 aliphatic heterocycles. The Labute approximate surface area is 115 Å². The van der Waals surface area contributed by atoms with Gasteiger partial charge in [0.25, 0.3) is 5.91 Å². The van der Waals surface area contributed by atoms with E-state index in [-0.39, 0.29) is 11.7 Å². The number of carbonyl (C=O) groups is 1. The summed E-state index contributed by atoms with van der Waals surface area (Å²) >= 11 is 0. The van der Waals surface area contributed by atoms with Crippen LogP contribution in [0, 0.1) is 6.92 Å². The monoisotopic (exact) mass is 277 g/mol. The Kier molecular flexibility index (Phi) is 4.19. The Hall–Kier alpha value is -2.57. The van der Waals surface area contributed by atoms with Crippen molar-refractivity contribution in [1.29, 1.82) is 0 Å². The van der Waals surface area contributed by atoms with Crippen LogP contribution in [0.5, 0.6) is 11.5 Å². The van der Waals surface area contributed by atoms with Crippen molar-refractivity contribution in [2.75, 3.05) is 12.4 Å². The van der Waals surface area contributed by atoms with E-state index < -0.39 is 6.10 Å². The highest BCUT2D eigenvalue weighted by Gasteiger charge is 2.19. The van der Waals surface area contributed by atoms with Crippen LogP contribution in [0.15, 0.2) is 28.9 Å². The van der Waals surface area contributed by atoms with Gasteiger partial charge < -0.3 is 14.8 Å². The maximum absolute atomic E-state index is 12.0. The van der Waals surface area contributed by atoms with E-state index in [1.807, 2.05) is 6.07 Å². The molecule has 0 bridgehead atoms. The van der Waals surface area contributed by atoms with Gasteiger partial charge in [-0.3, -0.25) is 4.79 Å². The Morgan fingerprint density at radius 2 is 2.00 bits per heavy atom. The minimum Gasteiger partial charge on any atom is -0.493 e. The van der Waals surface area contributed by atoms with Gasteiger partial charge in [-0.15, -0.1) is 0 Å².